The van der Waals surface area contributed by atoms with Crippen molar-refractivity contribution < 1.29 is 14.3 Å². The second kappa shape index (κ2) is 6.50. The number of carbonyl (C=O) groups is 2. The van der Waals surface area contributed by atoms with Crippen LogP contribution in [-0.2, 0) is 11.2 Å². The highest BCUT2D eigenvalue weighted by Gasteiger charge is 2.15. The van der Waals surface area contributed by atoms with Crippen LogP contribution in [-0.4, -0.2) is 29.0 Å². The number of alkyl carbamates (subject to hydrolysis) is 1. The van der Waals surface area contributed by atoms with Gasteiger partial charge in [0.2, 0.25) is 0 Å². The molecule has 1 amide bonds. The van der Waals surface area contributed by atoms with Crippen LogP contribution in [0, 0.1) is 6.92 Å². The van der Waals surface area contributed by atoms with Crippen LogP contribution in [0.15, 0.2) is 12.1 Å². The van der Waals surface area contributed by atoms with E-state index in [1.807, 2.05) is 33.8 Å². The van der Waals surface area contributed by atoms with E-state index in [-0.39, 0.29) is 5.78 Å². The van der Waals surface area contributed by atoms with Crippen molar-refractivity contribution in [2.45, 2.75) is 46.6 Å². The summed E-state index contributed by atoms with van der Waals surface area (Å²) < 4.78 is 5.14. The van der Waals surface area contributed by atoms with E-state index in [0.717, 1.165) is 11.3 Å². The van der Waals surface area contributed by atoms with Gasteiger partial charge in [0.25, 0.3) is 0 Å². The topological polar surface area (TPSA) is 68.3 Å². The second-order valence-corrected chi connectivity index (χ2v) is 5.76. The van der Waals surface area contributed by atoms with Crippen LogP contribution in [0.4, 0.5) is 4.79 Å². The number of ether oxygens (including phenoxy) is 1. The number of ketones is 1. The van der Waals surface area contributed by atoms with Gasteiger partial charge in [-0.15, -0.1) is 0 Å². The van der Waals surface area contributed by atoms with E-state index in [2.05, 4.69) is 10.3 Å². The van der Waals surface area contributed by atoms with Gasteiger partial charge in [0.15, 0.2) is 5.78 Å². The lowest BCUT2D eigenvalue weighted by Crippen LogP contribution is -2.33. The first-order valence-corrected chi connectivity index (χ1v) is 6.63. The molecule has 0 aliphatic rings. The van der Waals surface area contributed by atoms with Crippen molar-refractivity contribution in [3.05, 3.63) is 29.1 Å². The van der Waals surface area contributed by atoms with Crippen LogP contribution < -0.4 is 5.32 Å². The summed E-state index contributed by atoms with van der Waals surface area (Å²) in [4.78, 5) is 27.1. The third-order valence-electron chi connectivity index (χ3n) is 2.43. The van der Waals surface area contributed by atoms with Crippen molar-refractivity contribution in [1.82, 2.24) is 10.3 Å². The lowest BCUT2D eigenvalue weighted by molar-refractivity contribution is 0.0528. The summed E-state index contributed by atoms with van der Waals surface area (Å²) in [5, 5.41) is 2.67. The summed E-state index contributed by atoms with van der Waals surface area (Å²) in [6.07, 6.45) is 0.109. The monoisotopic (exact) mass is 278 g/mol. The van der Waals surface area contributed by atoms with Gasteiger partial charge in [-0.2, -0.15) is 0 Å². The van der Waals surface area contributed by atoms with Crippen molar-refractivity contribution in [3.63, 3.8) is 0 Å². The molecule has 0 atom stereocenters. The van der Waals surface area contributed by atoms with Crippen LogP contribution in [0.2, 0.25) is 0 Å². The molecule has 110 valence electrons. The van der Waals surface area contributed by atoms with E-state index in [0.29, 0.717) is 18.7 Å². The van der Waals surface area contributed by atoms with Crippen LogP contribution in [0.25, 0.3) is 0 Å². The fraction of sp³-hybridized carbons (Fsp3) is 0.533. The number of rotatable bonds is 4. The Morgan fingerprint density at radius 1 is 1.30 bits per heavy atom. The van der Waals surface area contributed by atoms with E-state index in [1.54, 1.807) is 6.07 Å². The van der Waals surface area contributed by atoms with E-state index in [1.165, 1.54) is 6.92 Å². The third-order valence-corrected chi connectivity index (χ3v) is 2.43. The van der Waals surface area contributed by atoms with Gasteiger partial charge in [-0.3, -0.25) is 4.79 Å². The van der Waals surface area contributed by atoms with Gasteiger partial charge in [0.1, 0.15) is 11.3 Å². The predicted octanol–water partition coefficient (Wildman–Crippen LogP) is 2.66. The Kier molecular flexibility index (Phi) is 5.25. The van der Waals surface area contributed by atoms with Crippen molar-refractivity contribution in [1.29, 1.82) is 0 Å². The Morgan fingerprint density at radius 2 is 1.95 bits per heavy atom. The summed E-state index contributed by atoms with van der Waals surface area (Å²) in [7, 11) is 0. The predicted molar refractivity (Wildman–Crippen MR) is 76.9 cm³/mol. The normalized spacial score (nSPS) is 11.1. The first kappa shape index (κ1) is 16.1. The number of hydrogen-bond acceptors (Lipinski definition) is 4. The molecule has 0 radical (unpaired) electrons. The average Bonchev–Trinajstić information content (AvgIpc) is 2.25. The molecule has 0 fully saturated rings. The third kappa shape index (κ3) is 5.82. The highest BCUT2D eigenvalue weighted by Crippen LogP contribution is 2.08. The van der Waals surface area contributed by atoms with Crippen LogP contribution >= 0.6 is 0 Å². The fourth-order valence-electron chi connectivity index (χ4n) is 1.65. The van der Waals surface area contributed by atoms with Crippen molar-refractivity contribution in [3.8, 4) is 0 Å². The number of aromatic nitrogens is 1. The Hall–Kier alpha value is -1.91. The molecule has 0 spiro atoms. The number of nitrogens with one attached hydrogen (secondary N) is 1. The Balaban J connectivity index is 2.54. The quantitative estimate of drug-likeness (QED) is 0.860. The van der Waals surface area contributed by atoms with Gasteiger partial charge in [0, 0.05) is 25.6 Å². The molecule has 1 rings (SSSR count). The molecule has 0 aliphatic heterocycles. The molecule has 0 saturated heterocycles. The molecule has 5 heteroatoms. The van der Waals surface area contributed by atoms with E-state index < -0.39 is 11.7 Å². The number of Topliss-reactive ketones (excluding diaryl/α,β-unsaturated/α-hetero) is 1. The minimum atomic E-state index is -0.506. The van der Waals surface area contributed by atoms with Gasteiger partial charge in [-0.05, 0) is 45.4 Å². The molecular weight excluding hydrogens is 256 g/mol. The molecule has 1 N–H and O–H groups in total. The molecule has 5 nitrogen and oxygen atoms in total. The molecule has 0 aliphatic carbocycles. The average molecular weight is 278 g/mol. The number of carbonyl (C=O) groups excluding carboxylic acids is 2. The second-order valence-electron chi connectivity index (χ2n) is 5.76. The Bertz CT molecular complexity index is 504. The maximum Gasteiger partial charge on any atom is 0.407 e. The lowest BCUT2D eigenvalue weighted by Gasteiger charge is -2.19. The maximum atomic E-state index is 11.5. The molecule has 0 aromatic carbocycles. The number of pyridine rings is 1. The summed E-state index contributed by atoms with van der Waals surface area (Å²) in [6, 6.07) is 3.66. The SMILES string of the molecule is CC(=O)c1cc(C)cc(CCNC(=O)OC(C)(C)C)n1. The minimum absolute atomic E-state index is 0.0601. The standard InChI is InChI=1S/C15H22N2O3/c1-10-8-12(17-13(9-10)11(2)18)6-7-16-14(19)20-15(3,4)5/h8-9H,6-7H2,1-5H3,(H,16,19). The van der Waals surface area contributed by atoms with E-state index in [4.69, 9.17) is 4.74 Å². The number of aryl methyl sites for hydroxylation is 1. The highest BCUT2D eigenvalue weighted by atomic mass is 16.6. The van der Waals surface area contributed by atoms with Gasteiger partial charge < -0.3 is 10.1 Å². The summed E-state index contributed by atoms with van der Waals surface area (Å²) in [6.45, 7) is 9.27. The smallest absolute Gasteiger partial charge is 0.407 e. The molecule has 0 bridgehead atoms. The number of hydrogen-bond donors (Lipinski definition) is 1. The van der Waals surface area contributed by atoms with Gasteiger partial charge >= 0.3 is 6.09 Å². The fourth-order valence-corrected chi connectivity index (χ4v) is 1.65. The van der Waals surface area contributed by atoms with Gasteiger partial charge in [0.05, 0.1) is 0 Å². The molecule has 1 aromatic heterocycles. The first-order chi connectivity index (χ1) is 9.17. The lowest BCUT2D eigenvalue weighted by atomic mass is 10.1. The molecule has 0 saturated carbocycles. The largest absolute Gasteiger partial charge is 0.444 e. The number of amides is 1. The zero-order valence-corrected chi connectivity index (χ0v) is 12.7. The molecular formula is C15H22N2O3. The van der Waals surface area contributed by atoms with Gasteiger partial charge in [-0.1, -0.05) is 0 Å². The number of nitrogens with zero attached hydrogens (tertiary/aromatic N) is 1. The summed E-state index contributed by atoms with van der Waals surface area (Å²) >= 11 is 0. The molecule has 0 unspecified atom stereocenters. The van der Waals surface area contributed by atoms with Crippen LogP contribution in [0.5, 0.6) is 0 Å². The van der Waals surface area contributed by atoms with Crippen LogP contribution in [0.1, 0.15) is 49.4 Å². The van der Waals surface area contributed by atoms with Crippen molar-refractivity contribution >= 4 is 11.9 Å². The molecule has 1 heterocycles. The summed E-state index contributed by atoms with van der Waals surface area (Å²) in [5.74, 6) is -0.0601. The molecule has 1 aromatic rings. The Labute approximate surface area is 119 Å². The van der Waals surface area contributed by atoms with Crippen molar-refractivity contribution in [2.24, 2.45) is 0 Å². The first-order valence-electron chi connectivity index (χ1n) is 6.63. The molecule has 20 heavy (non-hydrogen) atoms. The Morgan fingerprint density at radius 3 is 2.50 bits per heavy atom. The minimum Gasteiger partial charge on any atom is -0.444 e. The zero-order valence-electron chi connectivity index (χ0n) is 12.7. The van der Waals surface area contributed by atoms with Crippen LogP contribution in [0.3, 0.4) is 0 Å². The maximum absolute atomic E-state index is 11.5. The zero-order chi connectivity index (χ0) is 15.3. The van der Waals surface area contributed by atoms with Crippen molar-refractivity contribution in [2.75, 3.05) is 6.54 Å². The summed E-state index contributed by atoms with van der Waals surface area (Å²) in [5.41, 5.74) is 1.72. The van der Waals surface area contributed by atoms with E-state index in [9.17, 15) is 9.59 Å². The van der Waals surface area contributed by atoms with Gasteiger partial charge in [-0.25, -0.2) is 9.78 Å². The van der Waals surface area contributed by atoms with E-state index >= 15 is 0 Å². The highest BCUT2D eigenvalue weighted by molar-refractivity contribution is 5.92.